The number of aromatic nitrogens is 2. The molecule has 4 rings (SSSR count). The molecule has 1 N–H and O–H groups in total. The van der Waals surface area contributed by atoms with Gasteiger partial charge in [-0.15, -0.1) is 11.3 Å². The first kappa shape index (κ1) is 14.1. The van der Waals surface area contributed by atoms with Crippen LogP contribution in [0.3, 0.4) is 0 Å². The largest absolute Gasteiger partial charge is 0.330 e. The topological polar surface area (TPSA) is 66.1 Å². The highest BCUT2D eigenvalue weighted by molar-refractivity contribution is 7.10. The maximum absolute atomic E-state index is 13.0. The van der Waals surface area contributed by atoms with Gasteiger partial charge in [0, 0.05) is 16.8 Å². The number of thiophene rings is 1. The number of benzene rings is 1. The predicted molar refractivity (Wildman–Crippen MR) is 89.8 cm³/mol. The lowest BCUT2D eigenvalue weighted by Gasteiger charge is -2.33. The van der Waals surface area contributed by atoms with E-state index in [9.17, 15) is 9.59 Å². The number of carbonyl (C=O) groups excluding carboxylic acids is 1. The third-order valence-electron chi connectivity index (χ3n) is 4.44. The minimum Gasteiger partial charge on any atom is -0.330 e. The Morgan fingerprint density at radius 2 is 2.09 bits per heavy atom. The molecular weight excluding hydrogens is 310 g/mol. The van der Waals surface area contributed by atoms with Crippen LogP contribution in [0.2, 0.25) is 0 Å². The zero-order valence-electron chi connectivity index (χ0n) is 12.6. The maximum Gasteiger partial charge on any atom is 0.275 e. The van der Waals surface area contributed by atoms with E-state index in [-0.39, 0.29) is 17.5 Å². The first-order valence-electron chi connectivity index (χ1n) is 7.51. The number of rotatable bonds is 1. The van der Waals surface area contributed by atoms with Gasteiger partial charge >= 0.3 is 0 Å². The maximum atomic E-state index is 13.0. The molecule has 0 saturated heterocycles. The van der Waals surface area contributed by atoms with Gasteiger partial charge in [-0.3, -0.25) is 9.59 Å². The van der Waals surface area contributed by atoms with Gasteiger partial charge in [0.15, 0.2) is 5.69 Å². The number of hydrogen-bond donors (Lipinski definition) is 1. The second kappa shape index (κ2) is 5.31. The second-order valence-corrected chi connectivity index (χ2v) is 6.67. The Morgan fingerprint density at radius 1 is 1.30 bits per heavy atom. The fourth-order valence-electron chi connectivity index (χ4n) is 3.20. The van der Waals surface area contributed by atoms with Gasteiger partial charge in [0.25, 0.3) is 11.5 Å². The number of amides is 1. The minimum atomic E-state index is -0.274. The average molecular weight is 325 g/mol. The highest BCUT2D eigenvalue weighted by Crippen LogP contribution is 2.33. The molecule has 1 amide bonds. The van der Waals surface area contributed by atoms with Crippen molar-refractivity contribution in [3.05, 3.63) is 62.2 Å². The summed E-state index contributed by atoms with van der Waals surface area (Å²) in [5, 5.41) is 9.64. The van der Waals surface area contributed by atoms with Crippen LogP contribution in [0.1, 0.15) is 33.9 Å². The summed E-state index contributed by atoms with van der Waals surface area (Å²) < 4.78 is 0. The van der Waals surface area contributed by atoms with Crippen LogP contribution >= 0.6 is 11.3 Å². The van der Waals surface area contributed by atoms with Crippen molar-refractivity contribution in [3.63, 3.8) is 0 Å². The summed E-state index contributed by atoms with van der Waals surface area (Å²) in [6.45, 7) is 2.71. The van der Waals surface area contributed by atoms with E-state index >= 15 is 0 Å². The molecule has 3 heterocycles. The Labute approximate surface area is 136 Å². The fourth-order valence-corrected chi connectivity index (χ4v) is 4.16. The molecule has 0 aliphatic carbocycles. The Kier molecular flexibility index (Phi) is 3.27. The van der Waals surface area contributed by atoms with E-state index in [1.807, 2.05) is 17.9 Å². The van der Waals surface area contributed by atoms with Crippen LogP contribution in [0.15, 0.2) is 40.5 Å². The first-order valence-corrected chi connectivity index (χ1v) is 8.39. The van der Waals surface area contributed by atoms with Gasteiger partial charge in [-0.25, -0.2) is 5.10 Å². The Bertz CT molecular complexity index is 960. The highest BCUT2D eigenvalue weighted by Gasteiger charge is 2.30. The molecule has 5 nitrogen and oxygen atoms in total. The Balaban J connectivity index is 1.79. The number of fused-ring (bicyclic) bond motifs is 2. The molecule has 1 aliphatic rings. The summed E-state index contributed by atoms with van der Waals surface area (Å²) >= 11 is 1.74. The Morgan fingerprint density at radius 3 is 2.91 bits per heavy atom. The summed E-state index contributed by atoms with van der Waals surface area (Å²) in [6.07, 6.45) is 0.865. The predicted octanol–water partition coefficient (Wildman–Crippen LogP) is 2.74. The van der Waals surface area contributed by atoms with Crippen molar-refractivity contribution in [2.24, 2.45) is 0 Å². The molecule has 116 valence electrons. The average Bonchev–Trinajstić information content (AvgIpc) is 3.05. The zero-order valence-corrected chi connectivity index (χ0v) is 13.4. The van der Waals surface area contributed by atoms with Crippen LogP contribution in [-0.4, -0.2) is 27.5 Å². The molecule has 6 heteroatoms. The Hall–Kier alpha value is -2.47. The summed E-state index contributed by atoms with van der Waals surface area (Å²) in [7, 11) is 0. The number of carbonyl (C=O) groups is 1. The van der Waals surface area contributed by atoms with Crippen molar-refractivity contribution < 1.29 is 4.79 Å². The van der Waals surface area contributed by atoms with Gasteiger partial charge in [-0.2, -0.15) is 5.10 Å². The molecule has 1 aromatic carbocycles. The smallest absolute Gasteiger partial charge is 0.275 e. The minimum absolute atomic E-state index is 0.0185. The van der Waals surface area contributed by atoms with E-state index in [2.05, 4.69) is 21.6 Å². The van der Waals surface area contributed by atoms with Crippen LogP contribution in [0.4, 0.5) is 0 Å². The quantitative estimate of drug-likeness (QED) is 0.748. The van der Waals surface area contributed by atoms with E-state index in [1.165, 1.54) is 10.4 Å². The van der Waals surface area contributed by atoms with E-state index in [0.717, 1.165) is 6.42 Å². The molecule has 0 saturated carbocycles. The molecule has 1 atom stereocenters. The van der Waals surface area contributed by atoms with Crippen molar-refractivity contribution >= 4 is 28.0 Å². The highest BCUT2D eigenvalue weighted by atomic mass is 32.1. The van der Waals surface area contributed by atoms with E-state index in [4.69, 9.17) is 0 Å². The zero-order chi connectivity index (χ0) is 16.0. The van der Waals surface area contributed by atoms with E-state index in [0.29, 0.717) is 23.0 Å². The summed E-state index contributed by atoms with van der Waals surface area (Å²) in [5.74, 6) is -0.137. The lowest BCUT2D eigenvalue weighted by atomic mass is 10.0. The fraction of sp³-hybridized carbons (Fsp3) is 0.235. The third kappa shape index (κ3) is 2.17. The SMILES string of the molecule is CC1c2ccsc2CCN1C(=O)c1n[nH]c(=O)c2ccccc12. The van der Waals surface area contributed by atoms with Gasteiger partial charge in [-0.05, 0) is 36.4 Å². The molecule has 3 aromatic rings. The molecule has 1 aliphatic heterocycles. The van der Waals surface area contributed by atoms with Gasteiger partial charge in [0.05, 0.1) is 11.4 Å². The summed E-state index contributed by atoms with van der Waals surface area (Å²) in [5.41, 5.74) is 1.25. The number of H-pyrrole nitrogens is 1. The van der Waals surface area contributed by atoms with Crippen molar-refractivity contribution in [2.45, 2.75) is 19.4 Å². The lowest BCUT2D eigenvalue weighted by Crippen LogP contribution is -2.39. The van der Waals surface area contributed by atoms with Gasteiger partial charge in [0.1, 0.15) is 0 Å². The number of hydrogen-bond acceptors (Lipinski definition) is 4. The van der Waals surface area contributed by atoms with Crippen LogP contribution in [0, 0.1) is 0 Å². The van der Waals surface area contributed by atoms with Crippen molar-refractivity contribution in [1.82, 2.24) is 15.1 Å². The third-order valence-corrected chi connectivity index (χ3v) is 5.43. The molecule has 0 radical (unpaired) electrons. The van der Waals surface area contributed by atoms with Crippen LogP contribution in [0.5, 0.6) is 0 Å². The number of aromatic amines is 1. The van der Waals surface area contributed by atoms with Gasteiger partial charge in [-0.1, -0.05) is 18.2 Å². The van der Waals surface area contributed by atoms with Crippen LogP contribution < -0.4 is 5.56 Å². The second-order valence-electron chi connectivity index (χ2n) is 5.67. The van der Waals surface area contributed by atoms with Gasteiger partial charge in [0.2, 0.25) is 0 Å². The van der Waals surface area contributed by atoms with Gasteiger partial charge < -0.3 is 4.90 Å². The normalized spacial score (nSPS) is 17.3. The first-order chi connectivity index (χ1) is 11.2. The molecule has 0 spiro atoms. The molecular formula is C17H15N3O2S. The number of nitrogens with zero attached hydrogens (tertiary/aromatic N) is 2. The summed E-state index contributed by atoms with van der Waals surface area (Å²) in [6, 6.07) is 9.19. The molecule has 0 fully saturated rings. The van der Waals surface area contributed by atoms with E-state index in [1.54, 1.807) is 29.5 Å². The molecule has 0 bridgehead atoms. The molecule has 2 aromatic heterocycles. The number of nitrogens with one attached hydrogen (secondary N) is 1. The summed E-state index contributed by atoms with van der Waals surface area (Å²) in [4.78, 5) is 28.1. The molecule has 1 unspecified atom stereocenters. The van der Waals surface area contributed by atoms with Crippen molar-refractivity contribution in [3.8, 4) is 0 Å². The van der Waals surface area contributed by atoms with E-state index < -0.39 is 0 Å². The standard InChI is InChI=1S/C17H15N3O2S/c1-10-11-7-9-23-14(11)6-8-20(10)17(22)15-12-4-2-3-5-13(12)16(21)19-18-15/h2-5,7,9-10H,6,8H2,1H3,(H,19,21). The molecule has 23 heavy (non-hydrogen) atoms. The van der Waals surface area contributed by atoms with Crippen molar-refractivity contribution in [1.29, 1.82) is 0 Å². The van der Waals surface area contributed by atoms with Crippen LogP contribution in [0.25, 0.3) is 10.8 Å². The van der Waals surface area contributed by atoms with Crippen LogP contribution in [-0.2, 0) is 6.42 Å². The van der Waals surface area contributed by atoms with Crippen molar-refractivity contribution in [2.75, 3.05) is 6.54 Å². The monoisotopic (exact) mass is 325 g/mol. The lowest BCUT2D eigenvalue weighted by molar-refractivity contribution is 0.0674.